The van der Waals surface area contributed by atoms with Crippen LogP contribution in [-0.2, 0) is 16.0 Å². The molecule has 0 fully saturated rings. The molecule has 0 spiro atoms. The third-order valence-electron chi connectivity index (χ3n) is 2.77. The fraction of sp³-hybridized carbons (Fsp3) is 0.500. The zero-order chi connectivity index (χ0) is 14.1. The number of hydrogen-bond donors (Lipinski definition) is 3. The highest BCUT2D eigenvalue weighted by Gasteiger charge is 2.14. The molecule has 1 aromatic rings. The number of hydrogen-bond acceptors (Lipinski definition) is 4. The third-order valence-corrected chi connectivity index (χ3v) is 2.77. The standard InChI is InChI=1S/C14H22N2O3/c1-19-10-12(17)7-8-16-14(18)13(15)9-11-5-3-2-4-6-11/h2-6,12-13,17H,7-10,15H2,1H3,(H,16,18)/t12?,13-/m0/s1. The SMILES string of the molecule is COCC(O)CCNC(=O)[C@@H](N)Cc1ccccc1. The highest BCUT2D eigenvalue weighted by molar-refractivity contribution is 5.81. The minimum Gasteiger partial charge on any atom is -0.391 e. The number of aliphatic hydroxyl groups is 1. The molecular weight excluding hydrogens is 244 g/mol. The van der Waals surface area contributed by atoms with Gasteiger partial charge < -0.3 is 20.9 Å². The topological polar surface area (TPSA) is 84.6 Å². The average Bonchev–Trinajstić information content (AvgIpc) is 2.40. The lowest BCUT2D eigenvalue weighted by Crippen LogP contribution is -2.43. The molecule has 0 heterocycles. The second kappa shape index (κ2) is 8.63. The molecule has 1 rings (SSSR count). The molecule has 0 bridgehead atoms. The van der Waals surface area contributed by atoms with Gasteiger partial charge in [-0.15, -0.1) is 0 Å². The zero-order valence-electron chi connectivity index (χ0n) is 11.2. The Balaban J connectivity index is 2.25. The molecule has 0 saturated carbocycles. The Kier molecular flexibility index (Phi) is 7.10. The van der Waals surface area contributed by atoms with Gasteiger partial charge in [0.05, 0.1) is 18.8 Å². The smallest absolute Gasteiger partial charge is 0.237 e. The van der Waals surface area contributed by atoms with E-state index in [0.717, 1.165) is 5.56 Å². The van der Waals surface area contributed by atoms with E-state index in [1.807, 2.05) is 30.3 Å². The van der Waals surface area contributed by atoms with Crippen LogP contribution < -0.4 is 11.1 Å². The first-order valence-corrected chi connectivity index (χ1v) is 6.37. The normalized spacial score (nSPS) is 13.8. The van der Waals surface area contributed by atoms with Gasteiger partial charge in [-0.2, -0.15) is 0 Å². The van der Waals surface area contributed by atoms with Crippen LogP contribution in [0.15, 0.2) is 30.3 Å². The number of nitrogens with two attached hydrogens (primary N) is 1. The molecule has 19 heavy (non-hydrogen) atoms. The van der Waals surface area contributed by atoms with Crippen molar-refractivity contribution in [3.05, 3.63) is 35.9 Å². The van der Waals surface area contributed by atoms with Crippen LogP contribution in [0.4, 0.5) is 0 Å². The summed E-state index contributed by atoms with van der Waals surface area (Å²) in [6, 6.07) is 9.07. The second-order valence-corrected chi connectivity index (χ2v) is 4.49. The highest BCUT2D eigenvalue weighted by Crippen LogP contribution is 2.01. The third kappa shape index (κ3) is 6.33. The number of amides is 1. The molecule has 0 aliphatic heterocycles. The van der Waals surface area contributed by atoms with E-state index in [1.54, 1.807) is 0 Å². The van der Waals surface area contributed by atoms with E-state index in [1.165, 1.54) is 7.11 Å². The molecule has 0 aromatic heterocycles. The largest absolute Gasteiger partial charge is 0.391 e. The van der Waals surface area contributed by atoms with Gasteiger partial charge in [0.15, 0.2) is 0 Å². The van der Waals surface area contributed by atoms with Crippen molar-refractivity contribution in [2.45, 2.75) is 25.0 Å². The van der Waals surface area contributed by atoms with E-state index in [-0.39, 0.29) is 12.5 Å². The Labute approximate surface area is 113 Å². The molecule has 5 heteroatoms. The van der Waals surface area contributed by atoms with Gasteiger partial charge in [0, 0.05) is 13.7 Å². The molecule has 2 atom stereocenters. The van der Waals surface area contributed by atoms with E-state index >= 15 is 0 Å². The molecule has 106 valence electrons. The molecule has 0 aliphatic rings. The summed E-state index contributed by atoms with van der Waals surface area (Å²) in [5.41, 5.74) is 6.86. The van der Waals surface area contributed by atoms with Gasteiger partial charge in [-0.05, 0) is 18.4 Å². The van der Waals surface area contributed by atoms with E-state index < -0.39 is 12.1 Å². The van der Waals surface area contributed by atoms with Crippen LogP contribution in [0.2, 0.25) is 0 Å². The molecule has 1 amide bonds. The van der Waals surface area contributed by atoms with Gasteiger partial charge in [0.2, 0.25) is 5.91 Å². The number of carbonyl (C=O) groups excluding carboxylic acids is 1. The molecule has 0 radical (unpaired) electrons. The summed E-state index contributed by atoms with van der Waals surface area (Å²) in [5.74, 6) is -0.200. The Bertz CT molecular complexity index is 370. The van der Waals surface area contributed by atoms with Crippen LogP contribution >= 0.6 is 0 Å². The lowest BCUT2D eigenvalue weighted by molar-refractivity contribution is -0.122. The van der Waals surface area contributed by atoms with Crippen molar-refractivity contribution in [2.75, 3.05) is 20.3 Å². The van der Waals surface area contributed by atoms with Gasteiger partial charge >= 0.3 is 0 Å². The van der Waals surface area contributed by atoms with Crippen molar-refractivity contribution in [1.82, 2.24) is 5.32 Å². The van der Waals surface area contributed by atoms with Crippen LogP contribution in [0.3, 0.4) is 0 Å². The van der Waals surface area contributed by atoms with E-state index in [2.05, 4.69) is 5.32 Å². The molecule has 1 aromatic carbocycles. The van der Waals surface area contributed by atoms with Gasteiger partial charge in [0.1, 0.15) is 0 Å². The van der Waals surface area contributed by atoms with Gasteiger partial charge in [-0.3, -0.25) is 4.79 Å². The second-order valence-electron chi connectivity index (χ2n) is 4.49. The highest BCUT2D eigenvalue weighted by atomic mass is 16.5. The fourth-order valence-corrected chi connectivity index (χ4v) is 1.73. The first-order chi connectivity index (χ1) is 9.13. The molecule has 4 N–H and O–H groups in total. The Morgan fingerprint density at radius 1 is 1.42 bits per heavy atom. The van der Waals surface area contributed by atoms with Crippen molar-refractivity contribution in [2.24, 2.45) is 5.73 Å². The quantitative estimate of drug-likeness (QED) is 0.621. The number of ether oxygens (including phenoxy) is 1. The van der Waals surface area contributed by atoms with Crippen molar-refractivity contribution in [3.8, 4) is 0 Å². The molecular formula is C14H22N2O3. The first-order valence-electron chi connectivity index (χ1n) is 6.37. The predicted octanol–water partition coefficient (Wildman–Crippen LogP) is 0.0700. The van der Waals surface area contributed by atoms with E-state index in [4.69, 9.17) is 10.5 Å². The van der Waals surface area contributed by atoms with Crippen molar-refractivity contribution in [1.29, 1.82) is 0 Å². The monoisotopic (exact) mass is 266 g/mol. The van der Waals surface area contributed by atoms with Crippen LogP contribution in [-0.4, -0.2) is 43.4 Å². The van der Waals surface area contributed by atoms with Crippen LogP contribution in [0.1, 0.15) is 12.0 Å². The Hall–Kier alpha value is -1.43. The average molecular weight is 266 g/mol. The summed E-state index contributed by atoms with van der Waals surface area (Å²) in [6.07, 6.45) is 0.404. The van der Waals surface area contributed by atoms with Crippen molar-refractivity contribution in [3.63, 3.8) is 0 Å². The molecule has 5 nitrogen and oxygen atoms in total. The maximum Gasteiger partial charge on any atom is 0.237 e. The number of nitrogens with one attached hydrogen (secondary N) is 1. The lowest BCUT2D eigenvalue weighted by atomic mass is 10.1. The van der Waals surface area contributed by atoms with Crippen LogP contribution in [0.5, 0.6) is 0 Å². The van der Waals surface area contributed by atoms with Crippen LogP contribution in [0, 0.1) is 0 Å². The van der Waals surface area contributed by atoms with Gasteiger partial charge in [-0.1, -0.05) is 30.3 Å². The number of benzene rings is 1. The summed E-state index contributed by atoms with van der Waals surface area (Å²) in [4.78, 5) is 11.7. The zero-order valence-corrected chi connectivity index (χ0v) is 11.2. The Morgan fingerprint density at radius 3 is 2.74 bits per heavy atom. The molecule has 1 unspecified atom stereocenters. The first kappa shape index (κ1) is 15.6. The summed E-state index contributed by atoms with van der Waals surface area (Å²) in [6.45, 7) is 0.664. The fourth-order valence-electron chi connectivity index (χ4n) is 1.73. The molecule has 0 aliphatic carbocycles. The number of aliphatic hydroxyl groups excluding tert-OH is 1. The van der Waals surface area contributed by atoms with Gasteiger partial charge in [0.25, 0.3) is 0 Å². The maximum absolute atomic E-state index is 11.7. The summed E-state index contributed by atoms with van der Waals surface area (Å²) < 4.78 is 4.80. The number of rotatable bonds is 8. The maximum atomic E-state index is 11.7. The summed E-state index contributed by atoms with van der Waals surface area (Å²) in [5, 5.41) is 12.1. The summed E-state index contributed by atoms with van der Waals surface area (Å²) in [7, 11) is 1.53. The Morgan fingerprint density at radius 2 is 2.11 bits per heavy atom. The minimum absolute atomic E-state index is 0.200. The van der Waals surface area contributed by atoms with Crippen LogP contribution in [0.25, 0.3) is 0 Å². The van der Waals surface area contributed by atoms with E-state index in [9.17, 15) is 9.90 Å². The van der Waals surface area contributed by atoms with Gasteiger partial charge in [-0.25, -0.2) is 0 Å². The predicted molar refractivity (Wildman–Crippen MR) is 73.6 cm³/mol. The van der Waals surface area contributed by atoms with E-state index in [0.29, 0.717) is 19.4 Å². The number of carbonyl (C=O) groups is 1. The number of methoxy groups -OCH3 is 1. The summed E-state index contributed by atoms with van der Waals surface area (Å²) >= 11 is 0. The van der Waals surface area contributed by atoms with Crippen molar-refractivity contribution < 1.29 is 14.6 Å². The molecule has 0 saturated heterocycles. The lowest BCUT2D eigenvalue weighted by Gasteiger charge is -2.14. The van der Waals surface area contributed by atoms with Crippen molar-refractivity contribution >= 4 is 5.91 Å². The minimum atomic E-state index is -0.568.